The third-order valence-electron chi connectivity index (χ3n) is 3.06. The zero-order valence-electron chi connectivity index (χ0n) is 9.50. The van der Waals surface area contributed by atoms with E-state index in [-0.39, 0.29) is 18.2 Å². The molecule has 0 spiro atoms. The molecule has 1 aliphatic heterocycles. The molecule has 1 amide bonds. The van der Waals surface area contributed by atoms with Crippen LogP contribution in [0.4, 0.5) is 5.69 Å². The summed E-state index contributed by atoms with van der Waals surface area (Å²) in [6.07, 6.45) is 1.18. The van der Waals surface area contributed by atoms with E-state index < -0.39 is 5.97 Å². The molecule has 1 unspecified atom stereocenters. The molecule has 1 aromatic rings. The highest BCUT2D eigenvalue weighted by molar-refractivity contribution is 5.94. The van der Waals surface area contributed by atoms with E-state index in [1.165, 1.54) is 0 Å². The standard InChI is InChI=1S/C13H15NO3/c15-12-8-10(9-13(16)17)6-7-14(12)11-4-2-1-3-5-11/h1-5,10H,6-9H2,(H,16,17). The molecule has 1 N–H and O–H groups in total. The first-order chi connectivity index (χ1) is 8.16. The Bertz CT molecular complexity index is 416. The van der Waals surface area contributed by atoms with Crippen LogP contribution in [0.15, 0.2) is 30.3 Å². The van der Waals surface area contributed by atoms with Crippen LogP contribution in [0.3, 0.4) is 0 Å². The van der Waals surface area contributed by atoms with Crippen LogP contribution in [0.1, 0.15) is 19.3 Å². The van der Waals surface area contributed by atoms with E-state index in [0.717, 1.165) is 12.1 Å². The van der Waals surface area contributed by atoms with Gasteiger partial charge in [-0.25, -0.2) is 0 Å². The third kappa shape index (κ3) is 2.84. The lowest BCUT2D eigenvalue weighted by molar-refractivity contribution is -0.138. The second-order valence-corrected chi connectivity index (χ2v) is 4.34. The van der Waals surface area contributed by atoms with Crippen LogP contribution in [0, 0.1) is 5.92 Å². The lowest BCUT2D eigenvalue weighted by Crippen LogP contribution is -2.39. The Morgan fingerprint density at radius 2 is 2.06 bits per heavy atom. The van der Waals surface area contributed by atoms with Gasteiger partial charge in [-0.15, -0.1) is 0 Å². The van der Waals surface area contributed by atoms with Crippen LogP contribution in [0.25, 0.3) is 0 Å². The first-order valence-corrected chi connectivity index (χ1v) is 5.74. The number of hydrogen-bond acceptors (Lipinski definition) is 2. The van der Waals surface area contributed by atoms with E-state index in [2.05, 4.69) is 0 Å². The molecule has 1 atom stereocenters. The smallest absolute Gasteiger partial charge is 0.303 e. The van der Waals surface area contributed by atoms with Crippen molar-refractivity contribution in [2.75, 3.05) is 11.4 Å². The molecule has 1 fully saturated rings. The molecular formula is C13H15NO3. The number of rotatable bonds is 3. The Hall–Kier alpha value is -1.84. The van der Waals surface area contributed by atoms with Gasteiger partial charge in [0.2, 0.25) is 5.91 Å². The van der Waals surface area contributed by atoms with E-state index in [1.54, 1.807) is 4.90 Å². The van der Waals surface area contributed by atoms with Gasteiger partial charge in [0.15, 0.2) is 0 Å². The quantitative estimate of drug-likeness (QED) is 0.867. The van der Waals surface area contributed by atoms with Gasteiger partial charge in [0.05, 0.1) is 0 Å². The van der Waals surface area contributed by atoms with Crippen molar-refractivity contribution >= 4 is 17.6 Å². The number of carboxylic acids is 1. The topological polar surface area (TPSA) is 57.6 Å². The second-order valence-electron chi connectivity index (χ2n) is 4.34. The minimum atomic E-state index is -0.823. The number of para-hydroxylation sites is 1. The SMILES string of the molecule is O=C(O)CC1CCN(c2ccccc2)C(=O)C1. The zero-order valence-corrected chi connectivity index (χ0v) is 9.50. The van der Waals surface area contributed by atoms with Gasteiger partial charge in [-0.3, -0.25) is 9.59 Å². The van der Waals surface area contributed by atoms with E-state index in [9.17, 15) is 9.59 Å². The predicted octanol–water partition coefficient (Wildman–Crippen LogP) is 1.90. The van der Waals surface area contributed by atoms with Gasteiger partial charge in [-0.1, -0.05) is 18.2 Å². The van der Waals surface area contributed by atoms with Crippen LogP contribution in [0.5, 0.6) is 0 Å². The fraction of sp³-hybridized carbons (Fsp3) is 0.385. The summed E-state index contributed by atoms with van der Waals surface area (Å²) in [5.74, 6) is -0.815. The Labute approximate surface area is 99.9 Å². The molecule has 0 saturated carbocycles. The highest BCUT2D eigenvalue weighted by atomic mass is 16.4. The summed E-state index contributed by atoms with van der Waals surface area (Å²) in [4.78, 5) is 24.3. The van der Waals surface area contributed by atoms with Crippen molar-refractivity contribution in [2.45, 2.75) is 19.3 Å². The van der Waals surface area contributed by atoms with E-state index in [1.807, 2.05) is 30.3 Å². The highest BCUT2D eigenvalue weighted by Crippen LogP contribution is 2.25. The van der Waals surface area contributed by atoms with E-state index >= 15 is 0 Å². The van der Waals surface area contributed by atoms with Gasteiger partial charge in [0, 0.05) is 25.1 Å². The maximum Gasteiger partial charge on any atom is 0.303 e. The van der Waals surface area contributed by atoms with Crippen molar-refractivity contribution < 1.29 is 14.7 Å². The van der Waals surface area contributed by atoms with E-state index in [0.29, 0.717) is 13.0 Å². The van der Waals surface area contributed by atoms with Crippen LogP contribution >= 0.6 is 0 Å². The summed E-state index contributed by atoms with van der Waals surface area (Å²) < 4.78 is 0. The molecule has 17 heavy (non-hydrogen) atoms. The third-order valence-corrected chi connectivity index (χ3v) is 3.06. The maximum absolute atomic E-state index is 11.9. The number of carbonyl (C=O) groups is 2. The molecule has 90 valence electrons. The molecule has 1 aliphatic rings. The normalized spacial score (nSPS) is 20.4. The fourth-order valence-electron chi connectivity index (χ4n) is 2.20. The lowest BCUT2D eigenvalue weighted by atomic mass is 9.93. The predicted molar refractivity (Wildman–Crippen MR) is 63.8 cm³/mol. The summed E-state index contributed by atoms with van der Waals surface area (Å²) in [6, 6.07) is 9.49. The minimum absolute atomic E-state index is 0.0139. The van der Waals surface area contributed by atoms with Gasteiger partial charge in [0.25, 0.3) is 0 Å². The van der Waals surface area contributed by atoms with Gasteiger partial charge in [-0.2, -0.15) is 0 Å². The molecule has 1 saturated heterocycles. The number of carboxylic acid groups (broad SMARTS) is 1. The van der Waals surface area contributed by atoms with Crippen LogP contribution in [-0.2, 0) is 9.59 Å². The summed E-state index contributed by atoms with van der Waals surface area (Å²) in [5.41, 5.74) is 0.895. The van der Waals surface area contributed by atoms with Crippen molar-refractivity contribution in [2.24, 2.45) is 5.92 Å². The Morgan fingerprint density at radius 1 is 1.35 bits per heavy atom. The molecular weight excluding hydrogens is 218 g/mol. The molecule has 0 aromatic heterocycles. The average molecular weight is 233 g/mol. The first kappa shape index (κ1) is 11.6. The first-order valence-electron chi connectivity index (χ1n) is 5.74. The molecule has 0 aliphatic carbocycles. The number of aliphatic carboxylic acids is 1. The number of nitrogens with zero attached hydrogens (tertiary/aromatic N) is 1. The summed E-state index contributed by atoms with van der Waals surface area (Å²) in [6.45, 7) is 0.612. The van der Waals surface area contributed by atoms with E-state index in [4.69, 9.17) is 5.11 Å². The number of anilines is 1. The van der Waals surface area contributed by atoms with Gasteiger partial charge < -0.3 is 10.0 Å². The highest BCUT2D eigenvalue weighted by Gasteiger charge is 2.27. The van der Waals surface area contributed by atoms with Crippen molar-refractivity contribution in [1.29, 1.82) is 0 Å². The van der Waals surface area contributed by atoms with Gasteiger partial charge in [-0.05, 0) is 24.5 Å². The number of carbonyl (C=O) groups excluding carboxylic acids is 1. The summed E-state index contributed by atoms with van der Waals surface area (Å²) >= 11 is 0. The Morgan fingerprint density at radius 3 is 2.65 bits per heavy atom. The molecule has 0 bridgehead atoms. The molecule has 0 radical (unpaired) electrons. The summed E-state index contributed by atoms with van der Waals surface area (Å²) in [7, 11) is 0. The number of amides is 1. The average Bonchev–Trinajstić information content (AvgIpc) is 2.29. The van der Waals surface area contributed by atoms with Crippen LogP contribution in [-0.4, -0.2) is 23.5 Å². The molecule has 1 aromatic carbocycles. The number of hydrogen-bond donors (Lipinski definition) is 1. The largest absolute Gasteiger partial charge is 0.481 e. The fourth-order valence-corrected chi connectivity index (χ4v) is 2.20. The lowest BCUT2D eigenvalue weighted by Gasteiger charge is -2.31. The molecule has 1 heterocycles. The van der Waals surface area contributed by atoms with Crippen molar-refractivity contribution in [3.8, 4) is 0 Å². The van der Waals surface area contributed by atoms with Crippen molar-refractivity contribution in [3.05, 3.63) is 30.3 Å². The molecule has 4 nitrogen and oxygen atoms in total. The van der Waals surface area contributed by atoms with Crippen LogP contribution in [0.2, 0.25) is 0 Å². The van der Waals surface area contributed by atoms with Crippen LogP contribution < -0.4 is 4.90 Å². The second kappa shape index (κ2) is 4.99. The Balaban J connectivity index is 2.02. The number of benzene rings is 1. The Kier molecular flexibility index (Phi) is 3.42. The monoisotopic (exact) mass is 233 g/mol. The number of piperidine rings is 1. The van der Waals surface area contributed by atoms with Gasteiger partial charge in [0.1, 0.15) is 0 Å². The van der Waals surface area contributed by atoms with Crippen molar-refractivity contribution in [1.82, 2.24) is 0 Å². The molecule has 4 heteroatoms. The van der Waals surface area contributed by atoms with Crippen molar-refractivity contribution in [3.63, 3.8) is 0 Å². The minimum Gasteiger partial charge on any atom is -0.481 e. The zero-order chi connectivity index (χ0) is 12.3. The van der Waals surface area contributed by atoms with Gasteiger partial charge >= 0.3 is 5.97 Å². The maximum atomic E-state index is 11.9. The summed E-state index contributed by atoms with van der Waals surface area (Å²) in [5, 5.41) is 8.71. The molecule has 2 rings (SSSR count).